The fourth-order valence-electron chi connectivity index (χ4n) is 3.93. The van der Waals surface area contributed by atoms with E-state index in [4.69, 9.17) is 0 Å². The number of nitrogens with zero attached hydrogens (tertiary/aromatic N) is 1. The molecule has 5 atom stereocenters. The summed E-state index contributed by atoms with van der Waals surface area (Å²) < 4.78 is 0. The second kappa shape index (κ2) is 7.58. The Hall–Kier alpha value is -0.160. The van der Waals surface area contributed by atoms with Crippen molar-refractivity contribution >= 4 is 11.8 Å². The molecule has 0 spiro atoms. The molecule has 0 aromatic heterocycles. The lowest BCUT2D eigenvalue weighted by atomic mass is 9.80. The minimum atomic E-state index is 0.329. The number of hydrogen-bond acceptors (Lipinski definition) is 2. The molecule has 0 saturated heterocycles. The molecule has 0 aromatic carbocycles. The highest BCUT2D eigenvalue weighted by molar-refractivity contribution is 8.00. The van der Waals surface area contributed by atoms with Gasteiger partial charge in [-0.05, 0) is 43.9 Å². The molecule has 5 unspecified atom stereocenters. The molecular weight excluding hydrogens is 250 g/mol. The second-order valence-electron chi connectivity index (χ2n) is 6.77. The van der Waals surface area contributed by atoms with Crippen LogP contribution in [0, 0.1) is 29.1 Å². The van der Waals surface area contributed by atoms with Crippen LogP contribution in [0.3, 0.4) is 0 Å². The standard InChI is InChI=1S/C17H29NS/c1-3-5-14-8-9-15(12-18)17(11-14)19-16-7-4-6-13(2)10-16/h13-17H,3-11H2,1-2H3. The van der Waals surface area contributed by atoms with E-state index in [9.17, 15) is 5.26 Å². The van der Waals surface area contributed by atoms with Crippen LogP contribution in [0.5, 0.6) is 0 Å². The SMILES string of the molecule is CCCC1CCC(C#N)C(SC2CCCC(C)C2)C1. The highest BCUT2D eigenvalue weighted by Gasteiger charge is 2.33. The lowest BCUT2D eigenvalue weighted by Crippen LogP contribution is -2.29. The van der Waals surface area contributed by atoms with Gasteiger partial charge in [0.05, 0.1) is 12.0 Å². The molecule has 2 heteroatoms. The van der Waals surface area contributed by atoms with Gasteiger partial charge in [-0.1, -0.05) is 39.5 Å². The van der Waals surface area contributed by atoms with Crippen molar-refractivity contribution in [2.24, 2.45) is 17.8 Å². The first-order chi connectivity index (χ1) is 9.22. The topological polar surface area (TPSA) is 23.8 Å². The Kier molecular flexibility index (Phi) is 6.07. The van der Waals surface area contributed by atoms with Gasteiger partial charge in [-0.2, -0.15) is 17.0 Å². The van der Waals surface area contributed by atoms with Gasteiger partial charge in [0.2, 0.25) is 0 Å². The summed E-state index contributed by atoms with van der Waals surface area (Å²) in [6.07, 6.45) is 12.0. The van der Waals surface area contributed by atoms with E-state index in [0.29, 0.717) is 11.2 Å². The smallest absolute Gasteiger partial charge is 0.0667 e. The van der Waals surface area contributed by atoms with Gasteiger partial charge in [0.25, 0.3) is 0 Å². The van der Waals surface area contributed by atoms with Crippen LogP contribution < -0.4 is 0 Å². The first-order valence-corrected chi connectivity index (χ1v) is 9.22. The number of nitriles is 1. The Morgan fingerprint density at radius 3 is 2.68 bits per heavy atom. The predicted octanol–water partition coefficient (Wildman–Crippen LogP) is 5.41. The maximum Gasteiger partial charge on any atom is 0.0667 e. The van der Waals surface area contributed by atoms with E-state index in [1.807, 2.05) is 0 Å². The van der Waals surface area contributed by atoms with E-state index in [1.54, 1.807) is 0 Å². The molecular formula is C17H29NS. The molecule has 19 heavy (non-hydrogen) atoms. The van der Waals surface area contributed by atoms with Crippen molar-refractivity contribution in [2.45, 2.75) is 82.1 Å². The number of rotatable bonds is 4. The zero-order valence-corrected chi connectivity index (χ0v) is 13.4. The molecule has 1 nitrogen and oxygen atoms in total. The van der Waals surface area contributed by atoms with E-state index in [2.05, 4.69) is 31.7 Å². The molecule has 108 valence electrons. The Morgan fingerprint density at radius 1 is 1.16 bits per heavy atom. The third-order valence-electron chi connectivity index (χ3n) is 5.02. The van der Waals surface area contributed by atoms with Crippen molar-refractivity contribution in [3.63, 3.8) is 0 Å². The molecule has 2 aliphatic carbocycles. The fraction of sp³-hybridized carbons (Fsp3) is 0.941. The van der Waals surface area contributed by atoms with Crippen LogP contribution in [0.1, 0.15) is 71.6 Å². The van der Waals surface area contributed by atoms with Gasteiger partial charge in [-0.25, -0.2) is 0 Å². The molecule has 0 amide bonds. The first-order valence-electron chi connectivity index (χ1n) is 8.28. The monoisotopic (exact) mass is 279 g/mol. The van der Waals surface area contributed by atoms with Gasteiger partial charge in [-0.3, -0.25) is 0 Å². The normalized spacial score (nSPS) is 39.7. The van der Waals surface area contributed by atoms with Crippen LogP contribution >= 0.6 is 11.8 Å². The average molecular weight is 279 g/mol. The molecule has 0 N–H and O–H groups in total. The zero-order chi connectivity index (χ0) is 13.7. The Morgan fingerprint density at radius 2 is 2.00 bits per heavy atom. The number of hydrogen-bond donors (Lipinski definition) is 0. The van der Waals surface area contributed by atoms with Crippen LogP contribution in [-0.2, 0) is 0 Å². The maximum atomic E-state index is 9.40. The van der Waals surface area contributed by atoms with Crippen molar-refractivity contribution in [3.05, 3.63) is 0 Å². The van der Waals surface area contributed by atoms with Gasteiger partial charge in [0.1, 0.15) is 0 Å². The Labute approximate surface area is 123 Å². The zero-order valence-electron chi connectivity index (χ0n) is 12.6. The molecule has 0 bridgehead atoms. The highest BCUT2D eigenvalue weighted by atomic mass is 32.2. The summed E-state index contributed by atoms with van der Waals surface area (Å²) in [6.45, 7) is 4.69. The summed E-state index contributed by atoms with van der Waals surface area (Å²) in [4.78, 5) is 0. The van der Waals surface area contributed by atoms with Crippen LogP contribution in [0.15, 0.2) is 0 Å². The Balaban J connectivity index is 1.89. The van der Waals surface area contributed by atoms with Crippen molar-refractivity contribution in [1.82, 2.24) is 0 Å². The van der Waals surface area contributed by atoms with Gasteiger partial charge in [0, 0.05) is 10.5 Å². The van der Waals surface area contributed by atoms with Gasteiger partial charge >= 0.3 is 0 Å². The molecule has 2 fully saturated rings. The third-order valence-corrected chi connectivity index (χ3v) is 6.70. The molecule has 2 saturated carbocycles. The van der Waals surface area contributed by atoms with Crippen molar-refractivity contribution < 1.29 is 0 Å². The summed E-state index contributed by atoms with van der Waals surface area (Å²) in [5.41, 5.74) is 0. The minimum absolute atomic E-state index is 0.329. The van der Waals surface area contributed by atoms with Crippen LogP contribution in [0.25, 0.3) is 0 Å². The average Bonchev–Trinajstić information content (AvgIpc) is 2.39. The van der Waals surface area contributed by atoms with E-state index in [0.717, 1.165) is 23.5 Å². The summed E-state index contributed by atoms with van der Waals surface area (Å²) in [5.74, 6) is 2.13. The molecule has 2 aliphatic rings. The number of thioether (sulfide) groups is 1. The quantitative estimate of drug-likeness (QED) is 0.687. The Bertz CT molecular complexity index is 309. The minimum Gasteiger partial charge on any atom is -0.198 e. The second-order valence-corrected chi connectivity index (χ2v) is 8.32. The molecule has 0 radical (unpaired) electrons. The van der Waals surface area contributed by atoms with Gasteiger partial charge < -0.3 is 0 Å². The lowest BCUT2D eigenvalue weighted by molar-refractivity contribution is 0.304. The van der Waals surface area contributed by atoms with Crippen LogP contribution in [0.4, 0.5) is 0 Å². The summed E-state index contributed by atoms with van der Waals surface area (Å²) in [5, 5.41) is 10.9. The van der Waals surface area contributed by atoms with Crippen LogP contribution in [0.2, 0.25) is 0 Å². The highest BCUT2D eigenvalue weighted by Crippen LogP contribution is 2.43. The maximum absolute atomic E-state index is 9.40. The molecule has 0 aromatic rings. The fourth-order valence-corrected chi connectivity index (χ4v) is 5.94. The first kappa shape index (κ1) is 15.2. The van der Waals surface area contributed by atoms with E-state index < -0.39 is 0 Å². The van der Waals surface area contributed by atoms with Crippen molar-refractivity contribution in [1.29, 1.82) is 5.26 Å². The largest absolute Gasteiger partial charge is 0.198 e. The lowest BCUT2D eigenvalue weighted by Gasteiger charge is -2.36. The molecule has 0 aliphatic heterocycles. The van der Waals surface area contributed by atoms with Crippen molar-refractivity contribution in [2.75, 3.05) is 0 Å². The summed E-state index contributed by atoms with van der Waals surface area (Å²) >= 11 is 2.19. The van der Waals surface area contributed by atoms with Crippen LogP contribution in [-0.4, -0.2) is 10.5 Å². The van der Waals surface area contributed by atoms with E-state index in [-0.39, 0.29) is 0 Å². The molecule has 0 heterocycles. The van der Waals surface area contributed by atoms with Gasteiger partial charge in [-0.15, -0.1) is 0 Å². The summed E-state index contributed by atoms with van der Waals surface area (Å²) in [7, 11) is 0. The van der Waals surface area contributed by atoms with Crippen molar-refractivity contribution in [3.8, 4) is 6.07 Å². The predicted molar refractivity (Wildman–Crippen MR) is 84.2 cm³/mol. The molecule has 2 rings (SSSR count). The van der Waals surface area contributed by atoms with E-state index in [1.165, 1.54) is 51.4 Å². The van der Waals surface area contributed by atoms with Gasteiger partial charge in [0.15, 0.2) is 0 Å². The van der Waals surface area contributed by atoms with E-state index >= 15 is 0 Å². The summed E-state index contributed by atoms with van der Waals surface area (Å²) in [6, 6.07) is 2.60. The third kappa shape index (κ3) is 4.42.